The van der Waals surface area contributed by atoms with Crippen LogP contribution in [0.15, 0.2) is 0 Å². The van der Waals surface area contributed by atoms with Gasteiger partial charge in [0.1, 0.15) is 0 Å². The summed E-state index contributed by atoms with van der Waals surface area (Å²) in [6, 6.07) is 0. The van der Waals surface area contributed by atoms with Crippen molar-refractivity contribution in [1.29, 1.82) is 0 Å². The Morgan fingerprint density at radius 3 is 2.59 bits per heavy atom. The minimum Gasteiger partial charge on any atom is -0.353 e. The Kier molecular flexibility index (Phi) is 5.21. The maximum Gasteiger partial charge on any atom is 0.223 e. The molecule has 2 aliphatic carbocycles. The molecule has 29 heavy (non-hydrogen) atoms. The third-order valence-corrected chi connectivity index (χ3v) is 8.75. The first-order valence-electron chi connectivity index (χ1n) is 11.9. The Morgan fingerprint density at radius 2 is 1.79 bits per heavy atom. The van der Waals surface area contributed by atoms with E-state index in [0.717, 1.165) is 32.1 Å². The van der Waals surface area contributed by atoms with Gasteiger partial charge >= 0.3 is 0 Å². The average molecular weight is 408 g/mol. The number of hydrogen-bond donors (Lipinski definition) is 1. The van der Waals surface area contributed by atoms with Crippen LogP contribution in [0.3, 0.4) is 0 Å². The standard InChI is InChI=1S/C23H37NO5/c1-14-9-10-18-15(2)19(13-24-20(25)16-7-5-4-6-8-16)26-21-23(18)17(14)11-12-22(3,27-21)28-29-23/h14-19,21H,4-13H2,1-3H3,(H,24,25)/t14-,15-,17+,18+,19-,21-,22-,23-/m1/s1. The first kappa shape index (κ1) is 20.2. The zero-order chi connectivity index (χ0) is 20.2. The first-order valence-corrected chi connectivity index (χ1v) is 11.9. The lowest BCUT2D eigenvalue weighted by molar-refractivity contribution is -0.570. The summed E-state index contributed by atoms with van der Waals surface area (Å²) in [5.74, 6) is 1.19. The fourth-order valence-electron chi connectivity index (χ4n) is 6.92. The summed E-state index contributed by atoms with van der Waals surface area (Å²) in [6.07, 6.45) is 9.34. The van der Waals surface area contributed by atoms with E-state index in [9.17, 15) is 4.79 Å². The van der Waals surface area contributed by atoms with E-state index >= 15 is 0 Å². The second kappa shape index (κ2) is 7.47. The van der Waals surface area contributed by atoms with E-state index in [1.54, 1.807) is 0 Å². The molecule has 4 aliphatic heterocycles. The SMILES string of the molecule is C[C@H]1[C@@H](CNC(=O)C2CCCCC2)O[C@@H]2O[C@@]3(C)CC[C@H]4[C@H](C)CC[C@@H]1[C@@]24OO3. The van der Waals surface area contributed by atoms with Crippen LogP contribution in [0.4, 0.5) is 0 Å². The fourth-order valence-corrected chi connectivity index (χ4v) is 6.92. The Morgan fingerprint density at radius 1 is 1.00 bits per heavy atom. The number of fused-ring (bicyclic) bond motifs is 2. The molecule has 2 saturated carbocycles. The molecule has 1 amide bonds. The van der Waals surface area contributed by atoms with Crippen LogP contribution in [0.2, 0.25) is 0 Å². The number of rotatable bonds is 3. The Bertz CT molecular complexity index is 637. The molecule has 4 heterocycles. The molecule has 0 aromatic rings. The van der Waals surface area contributed by atoms with Crippen LogP contribution < -0.4 is 5.32 Å². The molecule has 6 heteroatoms. The number of amides is 1. The van der Waals surface area contributed by atoms with E-state index in [-0.39, 0.29) is 23.8 Å². The van der Waals surface area contributed by atoms with Gasteiger partial charge < -0.3 is 14.8 Å². The van der Waals surface area contributed by atoms with Gasteiger partial charge in [-0.1, -0.05) is 33.1 Å². The van der Waals surface area contributed by atoms with E-state index in [1.165, 1.54) is 25.7 Å². The molecule has 0 aromatic heterocycles. The number of ether oxygens (including phenoxy) is 2. The third kappa shape index (κ3) is 3.26. The van der Waals surface area contributed by atoms with Gasteiger partial charge in [0, 0.05) is 24.8 Å². The minimum atomic E-state index is -0.742. The van der Waals surface area contributed by atoms with Gasteiger partial charge in [-0.2, -0.15) is 0 Å². The smallest absolute Gasteiger partial charge is 0.223 e. The van der Waals surface area contributed by atoms with Crippen molar-refractivity contribution in [3.8, 4) is 0 Å². The van der Waals surface area contributed by atoms with Gasteiger partial charge in [-0.3, -0.25) is 4.79 Å². The lowest BCUT2D eigenvalue weighted by Crippen LogP contribution is -2.71. The lowest BCUT2D eigenvalue weighted by atomic mass is 9.57. The fraction of sp³-hybridized carbons (Fsp3) is 0.957. The molecule has 6 nitrogen and oxygen atoms in total. The van der Waals surface area contributed by atoms with E-state index in [4.69, 9.17) is 19.2 Å². The Balaban J connectivity index is 1.34. The molecular formula is C23H37NO5. The second-order valence-electron chi connectivity index (χ2n) is 10.5. The largest absolute Gasteiger partial charge is 0.353 e. The van der Waals surface area contributed by atoms with Crippen LogP contribution in [-0.4, -0.2) is 36.2 Å². The quantitative estimate of drug-likeness (QED) is 0.718. The van der Waals surface area contributed by atoms with Crippen LogP contribution in [0, 0.1) is 29.6 Å². The van der Waals surface area contributed by atoms with Crippen molar-refractivity contribution in [2.45, 2.75) is 102 Å². The number of nitrogens with one attached hydrogen (secondary N) is 1. The molecule has 1 N–H and O–H groups in total. The molecule has 6 fully saturated rings. The van der Waals surface area contributed by atoms with Crippen LogP contribution in [-0.2, 0) is 24.0 Å². The van der Waals surface area contributed by atoms with Crippen molar-refractivity contribution in [1.82, 2.24) is 5.32 Å². The molecule has 8 atom stereocenters. The van der Waals surface area contributed by atoms with E-state index in [1.807, 2.05) is 6.92 Å². The van der Waals surface area contributed by atoms with Crippen molar-refractivity contribution in [2.24, 2.45) is 29.6 Å². The highest BCUT2D eigenvalue weighted by Crippen LogP contribution is 2.60. The zero-order valence-corrected chi connectivity index (χ0v) is 18.2. The Hall–Kier alpha value is -0.690. The van der Waals surface area contributed by atoms with E-state index < -0.39 is 17.7 Å². The maximum atomic E-state index is 12.7. The summed E-state index contributed by atoms with van der Waals surface area (Å²) < 4.78 is 12.9. The van der Waals surface area contributed by atoms with E-state index in [0.29, 0.717) is 24.3 Å². The highest BCUT2D eigenvalue weighted by Gasteiger charge is 2.69. The summed E-state index contributed by atoms with van der Waals surface area (Å²) in [4.78, 5) is 24.7. The Labute approximate surface area is 174 Å². The van der Waals surface area contributed by atoms with Crippen molar-refractivity contribution in [3.05, 3.63) is 0 Å². The molecule has 0 unspecified atom stereocenters. The third-order valence-electron chi connectivity index (χ3n) is 8.75. The molecule has 4 saturated heterocycles. The molecule has 2 bridgehead atoms. The van der Waals surface area contributed by atoms with Crippen LogP contribution in [0.5, 0.6) is 0 Å². The van der Waals surface area contributed by atoms with Gasteiger partial charge in [-0.25, -0.2) is 9.78 Å². The van der Waals surface area contributed by atoms with Gasteiger partial charge in [-0.05, 0) is 56.8 Å². The minimum absolute atomic E-state index is 0.0521. The molecule has 164 valence electrons. The molecular weight excluding hydrogens is 370 g/mol. The van der Waals surface area contributed by atoms with Crippen molar-refractivity contribution in [3.63, 3.8) is 0 Å². The van der Waals surface area contributed by atoms with Crippen molar-refractivity contribution >= 4 is 5.91 Å². The molecule has 6 rings (SSSR count). The van der Waals surface area contributed by atoms with Crippen molar-refractivity contribution in [2.75, 3.05) is 6.54 Å². The predicted octanol–water partition coefficient (Wildman–Crippen LogP) is 3.93. The van der Waals surface area contributed by atoms with Crippen LogP contribution in [0.25, 0.3) is 0 Å². The lowest BCUT2D eigenvalue weighted by Gasteiger charge is -2.60. The van der Waals surface area contributed by atoms with Gasteiger partial charge in [0.2, 0.25) is 11.7 Å². The monoisotopic (exact) mass is 407 g/mol. The summed E-state index contributed by atoms with van der Waals surface area (Å²) in [5, 5.41) is 3.21. The van der Waals surface area contributed by atoms with E-state index in [2.05, 4.69) is 19.2 Å². The number of carbonyl (C=O) groups is 1. The maximum absolute atomic E-state index is 12.7. The normalized spacial score (nSPS) is 49.9. The molecule has 6 aliphatic rings. The average Bonchev–Trinajstić information content (AvgIpc) is 2.96. The second-order valence-corrected chi connectivity index (χ2v) is 10.5. The highest BCUT2D eigenvalue weighted by atomic mass is 17.3. The topological polar surface area (TPSA) is 66.0 Å². The van der Waals surface area contributed by atoms with Gasteiger partial charge in [-0.15, -0.1) is 0 Å². The van der Waals surface area contributed by atoms with Crippen LogP contribution >= 0.6 is 0 Å². The number of hydrogen-bond acceptors (Lipinski definition) is 5. The summed E-state index contributed by atoms with van der Waals surface area (Å²) in [7, 11) is 0. The number of carbonyl (C=O) groups excluding carboxylic acids is 1. The summed E-state index contributed by atoms with van der Waals surface area (Å²) in [5.41, 5.74) is -0.517. The zero-order valence-electron chi connectivity index (χ0n) is 18.2. The van der Waals surface area contributed by atoms with Crippen molar-refractivity contribution < 1.29 is 24.0 Å². The molecule has 0 radical (unpaired) electrons. The first-order chi connectivity index (χ1) is 13.9. The summed E-state index contributed by atoms with van der Waals surface area (Å²) >= 11 is 0. The van der Waals surface area contributed by atoms with Gasteiger partial charge in [0.15, 0.2) is 11.9 Å². The predicted molar refractivity (Wildman–Crippen MR) is 106 cm³/mol. The highest BCUT2D eigenvalue weighted by molar-refractivity contribution is 5.78. The van der Waals surface area contributed by atoms with Gasteiger partial charge in [0.25, 0.3) is 0 Å². The van der Waals surface area contributed by atoms with Crippen LogP contribution in [0.1, 0.15) is 78.6 Å². The molecule has 0 aromatic carbocycles. The summed E-state index contributed by atoms with van der Waals surface area (Å²) in [6.45, 7) is 7.10. The molecule has 1 spiro atoms. The van der Waals surface area contributed by atoms with Gasteiger partial charge in [0.05, 0.1) is 6.10 Å².